The van der Waals surface area contributed by atoms with Crippen LogP contribution < -0.4 is 15.5 Å². The number of hydrogen-bond donors (Lipinski definition) is 2. The quantitative estimate of drug-likeness (QED) is 0.786. The van der Waals surface area contributed by atoms with Gasteiger partial charge in [0.15, 0.2) is 0 Å². The molecule has 1 fully saturated rings. The second-order valence-corrected chi connectivity index (χ2v) is 7.12. The van der Waals surface area contributed by atoms with E-state index in [-0.39, 0.29) is 17.9 Å². The highest BCUT2D eigenvalue weighted by atomic mass is 16.5. The largest absolute Gasteiger partial charge is 0.467 e. The molecule has 0 bridgehead atoms. The lowest BCUT2D eigenvalue weighted by Crippen LogP contribution is -2.37. The molecule has 4 rings (SSSR count). The number of fused-ring (bicyclic) bond motifs is 1. The molecular weight excluding hydrogens is 358 g/mol. The lowest BCUT2D eigenvalue weighted by Gasteiger charge is -2.25. The summed E-state index contributed by atoms with van der Waals surface area (Å²) in [5.41, 5.74) is 3.71. The van der Waals surface area contributed by atoms with E-state index in [2.05, 4.69) is 20.6 Å². The summed E-state index contributed by atoms with van der Waals surface area (Å²) in [5.74, 6) is 1.03. The highest BCUT2D eigenvalue weighted by Gasteiger charge is 2.33. The molecule has 8 heteroatoms. The molecule has 0 aliphatic carbocycles. The van der Waals surface area contributed by atoms with Crippen LogP contribution in [0.3, 0.4) is 0 Å². The smallest absolute Gasteiger partial charge is 0.328 e. The van der Waals surface area contributed by atoms with Crippen LogP contribution in [0.5, 0.6) is 0 Å². The summed E-state index contributed by atoms with van der Waals surface area (Å²) in [5, 5.41) is 6.11. The summed E-state index contributed by atoms with van der Waals surface area (Å²) >= 11 is 0. The van der Waals surface area contributed by atoms with Crippen molar-refractivity contribution < 1.29 is 14.3 Å². The number of ether oxygens (including phenoxy) is 1. The van der Waals surface area contributed by atoms with Crippen molar-refractivity contribution in [1.29, 1.82) is 0 Å². The maximum absolute atomic E-state index is 12.1. The van der Waals surface area contributed by atoms with Crippen LogP contribution in [0.25, 0.3) is 0 Å². The third-order valence-corrected chi connectivity index (χ3v) is 5.20. The molecule has 146 valence electrons. The molecule has 0 radical (unpaired) electrons. The van der Waals surface area contributed by atoms with E-state index in [1.807, 2.05) is 30.0 Å². The Morgan fingerprint density at radius 3 is 3.04 bits per heavy atom. The minimum absolute atomic E-state index is 0.0468. The molecular formula is C20H23N5O3. The fraction of sp³-hybridized carbons (Fsp3) is 0.400. The summed E-state index contributed by atoms with van der Waals surface area (Å²) in [7, 11) is 1.41. The van der Waals surface area contributed by atoms with Crippen molar-refractivity contribution >= 4 is 35.0 Å². The zero-order chi connectivity index (χ0) is 19.7. The number of carbonyl (C=O) groups excluding carboxylic acids is 2. The second kappa shape index (κ2) is 7.46. The zero-order valence-electron chi connectivity index (χ0n) is 16.0. The number of aromatic nitrogens is 2. The predicted octanol–water partition coefficient (Wildman–Crippen LogP) is 2.56. The Labute approximate surface area is 163 Å². The zero-order valence-corrected chi connectivity index (χ0v) is 16.0. The van der Waals surface area contributed by atoms with Crippen LogP contribution >= 0.6 is 0 Å². The van der Waals surface area contributed by atoms with Crippen molar-refractivity contribution in [1.82, 2.24) is 9.97 Å². The number of esters is 1. The number of anilines is 4. The van der Waals surface area contributed by atoms with Gasteiger partial charge in [0, 0.05) is 36.1 Å². The lowest BCUT2D eigenvalue weighted by molar-refractivity contribution is -0.142. The van der Waals surface area contributed by atoms with E-state index in [4.69, 9.17) is 4.74 Å². The first kappa shape index (κ1) is 18.2. The molecule has 0 spiro atoms. The maximum atomic E-state index is 12.1. The number of rotatable bonds is 4. The van der Waals surface area contributed by atoms with Crippen LogP contribution in [0, 0.1) is 6.92 Å². The predicted molar refractivity (Wildman–Crippen MR) is 106 cm³/mol. The number of carbonyl (C=O) groups is 2. The molecule has 1 amide bonds. The van der Waals surface area contributed by atoms with Gasteiger partial charge in [-0.25, -0.2) is 9.78 Å². The van der Waals surface area contributed by atoms with Gasteiger partial charge in [0.1, 0.15) is 11.9 Å². The molecule has 0 saturated carbocycles. The van der Waals surface area contributed by atoms with E-state index >= 15 is 0 Å². The minimum atomic E-state index is -0.307. The minimum Gasteiger partial charge on any atom is -0.467 e. The molecule has 2 aromatic rings. The third kappa shape index (κ3) is 3.49. The van der Waals surface area contributed by atoms with Crippen LogP contribution in [0.1, 0.15) is 30.4 Å². The summed E-state index contributed by atoms with van der Waals surface area (Å²) < 4.78 is 4.94. The van der Waals surface area contributed by atoms with Gasteiger partial charge in [0.05, 0.1) is 7.11 Å². The maximum Gasteiger partial charge on any atom is 0.328 e. The number of hydrogen-bond acceptors (Lipinski definition) is 7. The molecule has 1 aromatic carbocycles. The van der Waals surface area contributed by atoms with Gasteiger partial charge < -0.3 is 20.3 Å². The van der Waals surface area contributed by atoms with Crippen LogP contribution in [0.15, 0.2) is 24.4 Å². The number of benzene rings is 1. The molecule has 1 saturated heterocycles. The van der Waals surface area contributed by atoms with Crippen molar-refractivity contribution in [3.05, 3.63) is 35.5 Å². The van der Waals surface area contributed by atoms with Crippen LogP contribution in [-0.4, -0.2) is 41.5 Å². The normalized spacial score (nSPS) is 18.4. The monoisotopic (exact) mass is 381 g/mol. The van der Waals surface area contributed by atoms with Crippen LogP contribution in [0.4, 0.5) is 23.1 Å². The topological polar surface area (TPSA) is 96.5 Å². The van der Waals surface area contributed by atoms with Crippen molar-refractivity contribution in [3.8, 4) is 0 Å². The van der Waals surface area contributed by atoms with Gasteiger partial charge >= 0.3 is 5.97 Å². The van der Waals surface area contributed by atoms with Crippen LogP contribution in [-0.2, 0) is 20.7 Å². The van der Waals surface area contributed by atoms with E-state index in [0.717, 1.165) is 47.7 Å². The second-order valence-electron chi connectivity index (χ2n) is 7.12. The Morgan fingerprint density at radius 2 is 2.21 bits per heavy atom. The van der Waals surface area contributed by atoms with Gasteiger partial charge in [0.2, 0.25) is 11.9 Å². The molecule has 8 nitrogen and oxygen atoms in total. The fourth-order valence-electron chi connectivity index (χ4n) is 3.78. The molecule has 2 aliphatic heterocycles. The van der Waals surface area contributed by atoms with Gasteiger partial charge in [-0.2, -0.15) is 4.98 Å². The van der Waals surface area contributed by atoms with Crippen molar-refractivity contribution in [2.24, 2.45) is 0 Å². The molecule has 28 heavy (non-hydrogen) atoms. The Bertz CT molecular complexity index is 930. The first-order valence-corrected chi connectivity index (χ1v) is 9.43. The van der Waals surface area contributed by atoms with Gasteiger partial charge in [0.25, 0.3) is 0 Å². The first-order chi connectivity index (χ1) is 13.5. The van der Waals surface area contributed by atoms with Gasteiger partial charge in [-0.15, -0.1) is 0 Å². The van der Waals surface area contributed by atoms with Crippen molar-refractivity contribution in [3.63, 3.8) is 0 Å². The highest BCUT2D eigenvalue weighted by molar-refractivity contribution is 5.94. The summed E-state index contributed by atoms with van der Waals surface area (Å²) in [6.07, 6.45) is 4.64. The molecule has 1 aromatic heterocycles. The number of nitrogens with one attached hydrogen (secondary N) is 2. The number of methoxy groups -OCH3 is 1. The Balaban J connectivity index is 1.58. The highest BCUT2D eigenvalue weighted by Crippen LogP contribution is 2.30. The molecule has 3 heterocycles. The molecule has 2 aliphatic rings. The summed E-state index contributed by atoms with van der Waals surface area (Å²) in [6.45, 7) is 2.70. The van der Waals surface area contributed by atoms with Crippen LogP contribution in [0.2, 0.25) is 0 Å². The molecule has 0 unspecified atom stereocenters. The van der Waals surface area contributed by atoms with E-state index in [1.54, 1.807) is 6.20 Å². The Morgan fingerprint density at radius 1 is 1.36 bits per heavy atom. The van der Waals surface area contributed by atoms with E-state index in [1.165, 1.54) is 7.11 Å². The van der Waals surface area contributed by atoms with Gasteiger partial charge in [-0.05, 0) is 49.9 Å². The van der Waals surface area contributed by atoms with Gasteiger partial charge in [-0.1, -0.05) is 0 Å². The van der Waals surface area contributed by atoms with Gasteiger partial charge in [-0.3, -0.25) is 4.79 Å². The van der Waals surface area contributed by atoms with Crippen molar-refractivity contribution in [2.45, 2.75) is 38.6 Å². The average molecular weight is 381 g/mol. The number of amides is 1. The first-order valence-electron chi connectivity index (χ1n) is 9.43. The van der Waals surface area contributed by atoms with E-state index in [9.17, 15) is 9.59 Å². The lowest BCUT2D eigenvalue weighted by atomic mass is 10.0. The average Bonchev–Trinajstić information content (AvgIpc) is 3.18. The summed E-state index contributed by atoms with van der Waals surface area (Å²) in [6, 6.07) is 5.47. The Kier molecular flexibility index (Phi) is 4.85. The van der Waals surface area contributed by atoms with E-state index in [0.29, 0.717) is 18.8 Å². The SMILES string of the molecule is COC(=O)[C@@H]1CCCN1c1nc(Nc2ccc3c(c2)CCC(=O)N3)ncc1C. The molecule has 1 atom stereocenters. The standard InChI is InChI=1S/C20H23N5O3/c1-12-11-21-20(24-18(12)25-9-3-4-16(25)19(27)28-2)22-14-6-7-15-13(10-14)5-8-17(26)23-15/h6-7,10-11,16H,3-5,8-9H2,1-2H3,(H,23,26)(H,21,22,24)/t16-/m0/s1. The third-order valence-electron chi connectivity index (χ3n) is 5.20. The summed E-state index contributed by atoms with van der Waals surface area (Å²) in [4.78, 5) is 34.6. The van der Waals surface area contributed by atoms with E-state index < -0.39 is 0 Å². The Hall–Kier alpha value is -3.16. The number of aryl methyl sites for hydroxylation is 2. The number of nitrogens with zero attached hydrogens (tertiary/aromatic N) is 3. The fourth-order valence-corrected chi connectivity index (χ4v) is 3.78. The van der Waals surface area contributed by atoms with Crippen molar-refractivity contribution in [2.75, 3.05) is 29.2 Å². The molecule has 2 N–H and O–H groups in total.